The number of rotatable bonds is 2. The molecule has 2 aliphatic rings. The Labute approximate surface area is 128 Å². The smallest absolute Gasteiger partial charge is 0.160 e. The number of fused-ring (bicyclic) bond motifs is 1. The highest BCUT2D eigenvalue weighted by Gasteiger charge is 2.43. The zero-order valence-corrected chi connectivity index (χ0v) is 12.9. The summed E-state index contributed by atoms with van der Waals surface area (Å²) in [6, 6.07) is 6.06. The zero-order valence-electron chi connectivity index (χ0n) is 12.1. The molecule has 0 aliphatic carbocycles. The van der Waals surface area contributed by atoms with E-state index in [4.69, 9.17) is 4.98 Å². The molecule has 3 N–H and O–H groups in total. The number of aldehydes is 1. The number of anilines is 1. The molecule has 0 amide bonds. The molecule has 2 fully saturated rings. The summed E-state index contributed by atoms with van der Waals surface area (Å²) in [6.07, 6.45) is 2.15. The van der Waals surface area contributed by atoms with E-state index in [1.54, 1.807) is 0 Å². The van der Waals surface area contributed by atoms with Crippen LogP contribution in [0.5, 0.6) is 0 Å². The van der Waals surface area contributed by atoms with Gasteiger partial charge in [0.15, 0.2) is 6.29 Å². The second-order valence-corrected chi connectivity index (χ2v) is 6.67. The SMILES string of the molecule is CN.O=Cc1cc2ccc(N3CCC4(CNC4)C3)nc2s1. The summed E-state index contributed by atoms with van der Waals surface area (Å²) in [7, 11) is 1.50. The van der Waals surface area contributed by atoms with Crippen LogP contribution in [0, 0.1) is 5.41 Å². The number of pyridine rings is 1. The Balaban J connectivity index is 0.000000636. The van der Waals surface area contributed by atoms with Crippen molar-refractivity contribution in [1.82, 2.24) is 10.3 Å². The van der Waals surface area contributed by atoms with Crippen molar-refractivity contribution in [2.45, 2.75) is 6.42 Å². The Bertz CT molecular complexity index is 650. The molecule has 112 valence electrons. The predicted octanol–water partition coefficient (Wildman–Crippen LogP) is 1.48. The Kier molecular flexibility index (Phi) is 3.93. The normalized spacial score (nSPS) is 19.2. The van der Waals surface area contributed by atoms with Gasteiger partial charge in [-0.1, -0.05) is 0 Å². The Morgan fingerprint density at radius 1 is 1.43 bits per heavy atom. The first-order valence-corrected chi connectivity index (χ1v) is 7.99. The molecule has 0 saturated carbocycles. The van der Waals surface area contributed by atoms with Crippen molar-refractivity contribution < 1.29 is 4.79 Å². The molecular weight excluding hydrogens is 284 g/mol. The molecule has 2 aliphatic heterocycles. The van der Waals surface area contributed by atoms with Gasteiger partial charge >= 0.3 is 0 Å². The van der Waals surface area contributed by atoms with Crippen molar-refractivity contribution in [3.63, 3.8) is 0 Å². The minimum absolute atomic E-state index is 0.486. The number of carbonyl (C=O) groups excluding carboxylic acids is 1. The van der Waals surface area contributed by atoms with Crippen molar-refractivity contribution in [3.8, 4) is 0 Å². The predicted molar refractivity (Wildman–Crippen MR) is 87.3 cm³/mol. The van der Waals surface area contributed by atoms with Gasteiger partial charge in [0, 0.05) is 37.0 Å². The van der Waals surface area contributed by atoms with Crippen molar-refractivity contribution >= 4 is 33.7 Å². The highest BCUT2D eigenvalue weighted by atomic mass is 32.1. The summed E-state index contributed by atoms with van der Waals surface area (Å²) in [5.41, 5.74) is 4.99. The lowest BCUT2D eigenvalue weighted by Crippen LogP contribution is -2.54. The van der Waals surface area contributed by atoms with Crippen LogP contribution in [0.25, 0.3) is 10.2 Å². The molecule has 1 spiro atoms. The van der Waals surface area contributed by atoms with Gasteiger partial charge in [-0.05, 0) is 31.7 Å². The van der Waals surface area contributed by atoms with E-state index in [9.17, 15) is 4.79 Å². The van der Waals surface area contributed by atoms with Gasteiger partial charge in [0.1, 0.15) is 10.6 Å². The monoisotopic (exact) mass is 304 g/mol. The zero-order chi connectivity index (χ0) is 14.9. The topological polar surface area (TPSA) is 71.2 Å². The van der Waals surface area contributed by atoms with Crippen LogP contribution in [0.3, 0.4) is 0 Å². The van der Waals surface area contributed by atoms with E-state index in [-0.39, 0.29) is 0 Å². The van der Waals surface area contributed by atoms with Gasteiger partial charge in [-0.15, -0.1) is 11.3 Å². The number of hydrogen-bond donors (Lipinski definition) is 2. The Hall–Kier alpha value is -1.50. The maximum absolute atomic E-state index is 10.8. The summed E-state index contributed by atoms with van der Waals surface area (Å²) in [6.45, 7) is 4.47. The molecule has 4 heterocycles. The lowest BCUT2D eigenvalue weighted by Gasteiger charge is -2.39. The molecule has 0 bridgehead atoms. The fraction of sp³-hybridized carbons (Fsp3) is 0.467. The second-order valence-electron chi connectivity index (χ2n) is 5.61. The minimum Gasteiger partial charge on any atom is -0.356 e. The number of nitrogens with one attached hydrogen (secondary N) is 1. The van der Waals surface area contributed by atoms with Gasteiger partial charge in [-0.2, -0.15) is 0 Å². The second kappa shape index (κ2) is 5.71. The lowest BCUT2D eigenvalue weighted by molar-refractivity contribution is 0.112. The van der Waals surface area contributed by atoms with Crippen LogP contribution < -0.4 is 16.0 Å². The summed E-state index contributed by atoms with van der Waals surface area (Å²) in [5.74, 6) is 1.05. The molecule has 21 heavy (non-hydrogen) atoms. The van der Waals surface area contributed by atoms with Crippen LogP contribution in [0.15, 0.2) is 18.2 Å². The molecule has 2 aromatic rings. The number of carbonyl (C=O) groups is 1. The first-order chi connectivity index (χ1) is 10.3. The summed E-state index contributed by atoms with van der Waals surface area (Å²) < 4.78 is 0. The molecule has 0 unspecified atom stereocenters. The third kappa shape index (κ3) is 2.54. The highest BCUT2D eigenvalue weighted by Crippen LogP contribution is 2.36. The largest absolute Gasteiger partial charge is 0.356 e. The van der Waals surface area contributed by atoms with E-state index in [1.807, 2.05) is 6.07 Å². The van der Waals surface area contributed by atoms with Gasteiger partial charge in [-0.3, -0.25) is 4.79 Å². The van der Waals surface area contributed by atoms with Gasteiger partial charge in [0.25, 0.3) is 0 Å². The van der Waals surface area contributed by atoms with E-state index in [0.29, 0.717) is 5.41 Å². The number of hydrogen-bond acceptors (Lipinski definition) is 6. The van der Waals surface area contributed by atoms with Gasteiger partial charge in [-0.25, -0.2) is 4.98 Å². The summed E-state index contributed by atoms with van der Waals surface area (Å²) >= 11 is 1.47. The molecule has 2 aromatic heterocycles. The van der Waals surface area contributed by atoms with Crippen molar-refractivity contribution in [1.29, 1.82) is 0 Å². The third-order valence-corrected chi connectivity index (χ3v) is 5.24. The van der Waals surface area contributed by atoms with Crippen LogP contribution in [0.1, 0.15) is 16.1 Å². The van der Waals surface area contributed by atoms with Crippen molar-refractivity contribution in [2.24, 2.45) is 11.1 Å². The summed E-state index contributed by atoms with van der Waals surface area (Å²) in [4.78, 5) is 19.6. The maximum atomic E-state index is 10.8. The molecular formula is C15H20N4OS. The number of aromatic nitrogens is 1. The van der Waals surface area contributed by atoms with Crippen molar-refractivity contribution in [3.05, 3.63) is 23.1 Å². The van der Waals surface area contributed by atoms with Gasteiger partial charge in [0.2, 0.25) is 0 Å². The first kappa shape index (κ1) is 14.4. The average molecular weight is 304 g/mol. The highest BCUT2D eigenvalue weighted by molar-refractivity contribution is 7.20. The van der Waals surface area contributed by atoms with Crippen LogP contribution >= 0.6 is 11.3 Å². The molecule has 0 aromatic carbocycles. The molecule has 5 nitrogen and oxygen atoms in total. The molecule has 4 rings (SSSR count). The lowest BCUT2D eigenvalue weighted by atomic mass is 9.81. The van der Waals surface area contributed by atoms with Crippen molar-refractivity contribution in [2.75, 3.05) is 38.1 Å². The van der Waals surface area contributed by atoms with E-state index in [1.165, 1.54) is 24.8 Å². The van der Waals surface area contributed by atoms with E-state index in [2.05, 4.69) is 28.1 Å². The fourth-order valence-corrected chi connectivity index (χ4v) is 3.90. The average Bonchev–Trinajstić information content (AvgIpc) is 3.12. The fourth-order valence-electron chi connectivity index (χ4n) is 3.06. The third-order valence-electron chi connectivity index (χ3n) is 4.27. The molecule has 6 heteroatoms. The van der Waals surface area contributed by atoms with E-state index in [0.717, 1.165) is 53.4 Å². The number of thiophene rings is 1. The van der Waals surface area contributed by atoms with E-state index < -0.39 is 0 Å². The van der Waals surface area contributed by atoms with E-state index >= 15 is 0 Å². The van der Waals surface area contributed by atoms with Crippen LogP contribution in [-0.2, 0) is 0 Å². The molecule has 2 saturated heterocycles. The quantitative estimate of drug-likeness (QED) is 0.823. The number of nitrogens with two attached hydrogens (primary N) is 1. The standard InChI is InChI=1S/C14H15N3OS.CH5N/c18-6-11-5-10-1-2-12(16-13(10)19-11)17-4-3-14(9-17)7-15-8-14;1-2/h1-2,5-6,15H,3-4,7-9H2;2H2,1H3. The maximum Gasteiger partial charge on any atom is 0.160 e. The van der Waals surface area contributed by atoms with Crippen LogP contribution in [-0.4, -0.2) is 44.5 Å². The Morgan fingerprint density at radius 3 is 2.86 bits per heavy atom. The van der Waals surface area contributed by atoms with Crippen LogP contribution in [0.2, 0.25) is 0 Å². The van der Waals surface area contributed by atoms with Gasteiger partial charge < -0.3 is 16.0 Å². The Morgan fingerprint density at radius 2 is 2.24 bits per heavy atom. The number of nitrogens with zero attached hydrogens (tertiary/aromatic N) is 2. The molecule has 0 radical (unpaired) electrons. The molecule has 0 atom stereocenters. The van der Waals surface area contributed by atoms with Gasteiger partial charge in [0.05, 0.1) is 4.88 Å². The minimum atomic E-state index is 0.486. The summed E-state index contributed by atoms with van der Waals surface area (Å²) in [5, 5.41) is 4.44. The first-order valence-electron chi connectivity index (χ1n) is 7.17. The van der Waals surface area contributed by atoms with Crippen LogP contribution in [0.4, 0.5) is 5.82 Å².